The van der Waals surface area contributed by atoms with Gasteiger partial charge in [-0.25, -0.2) is 0 Å². The number of carboxylic acids is 1. The van der Waals surface area contributed by atoms with Crippen LogP contribution < -0.4 is 4.74 Å². The first-order valence-corrected chi connectivity index (χ1v) is 7.06. The molecule has 0 bridgehead atoms. The van der Waals surface area contributed by atoms with Crippen molar-refractivity contribution >= 4 is 16.9 Å². The van der Waals surface area contributed by atoms with Crippen molar-refractivity contribution in [1.82, 2.24) is 4.57 Å². The van der Waals surface area contributed by atoms with Gasteiger partial charge in [-0.2, -0.15) is 0 Å². The van der Waals surface area contributed by atoms with E-state index < -0.39 is 5.97 Å². The van der Waals surface area contributed by atoms with Crippen molar-refractivity contribution in [3.63, 3.8) is 0 Å². The molecule has 1 saturated carbocycles. The van der Waals surface area contributed by atoms with Gasteiger partial charge in [-0.05, 0) is 43.4 Å². The lowest BCUT2D eigenvalue weighted by atomic mass is 10.0. The van der Waals surface area contributed by atoms with Crippen LogP contribution in [-0.4, -0.2) is 22.2 Å². The molecule has 0 aliphatic heterocycles. The second kappa shape index (κ2) is 4.85. The van der Waals surface area contributed by atoms with Crippen LogP contribution >= 0.6 is 0 Å². The van der Waals surface area contributed by atoms with Gasteiger partial charge in [-0.15, -0.1) is 0 Å². The standard InChI is InChI=1S/C16H19NO3/c1-2-20-14-5-3-4-13-12(14)6-9-17(13)11-16(7-8-16)10-15(18)19/h3-6,9H,2,7-8,10-11H2,1H3,(H,18,19). The molecule has 0 atom stereocenters. The van der Waals surface area contributed by atoms with Crippen molar-refractivity contribution in [2.75, 3.05) is 6.61 Å². The zero-order valence-corrected chi connectivity index (χ0v) is 11.6. The van der Waals surface area contributed by atoms with Gasteiger partial charge < -0.3 is 14.4 Å². The fourth-order valence-electron chi connectivity index (χ4n) is 2.86. The lowest BCUT2D eigenvalue weighted by Crippen LogP contribution is -2.15. The Morgan fingerprint density at radius 2 is 2.20 bits per heavy atom. The van der Waals surface area contributed by atoms with E-state index in [2.05, 4.69) is 16.7 Å². The summed E-state index contributed by atoms with van der Waals surface area (Å²) >= 11 is 0. The molecule has 1 N–H and O–H groups in total. The minimum absolute atomic E-state index is 0.0423. The summed E-state index contributed by atoms with van der Waals surface area (Å²) in [5.41, 5.74) is 1.08. The molecule has 0 radical (unpaired) electrons. The zero-order valence-electron chi connectivity index (χ0n) is 11.6. The monoisotopic (exact) mass is 273 g/mol. The Labute approximate surface area is 118 Å². The van der Waals surface area contributed by atoms with Crippen molar-refractivity contribution in [1.29, 1.82) is 0 Å². The summed E-state index contributed by atoms with van der Waals surface area (Å²) in [5.74, 6) is 0.195. The van der Waals surface area contributed by atoms with Gasteiger partial charge in [0.1, 0.15) is 5.75 Å². The van der Waals surface area contributed by atoms with Gasteiger partial charge in [0.2, 0.25) is 0 Å². The number of aliphatic carboxylic acids is 1. The number of nitrogens with zero attached hydrogens (tertiary/aromatic N) is 1. The Bertz CT molecular complexity index is 640. The van der Waals surface area contributed by atoms with E-state index in [4.69, 9.17) is 9.84 Å². The van der Waals surface area contributed by atoms with Crippen molar-refractivity contribution in [2.24, 2.45) is 5.41 Å². The van der Waals surface area contributed by atoms with Crippen LogP contribution in [0.2, 0.25) is 0 Å². The highest BCUT2D eigenvalue weighted by Gasteiger charge is 2.44. The van der Waals surface area contributed by atoms with Gasteiger partial charge in [0.25, 0.3) is 0 Å². The molecule has 20 heavy (non-hydrogen) atoms. The number of aromatic nitrogens is 1. The van der Waals surface area contributed by atoms with Gasteiger partial charge in [-0.3, -0.25) is 4.79 Å². The molecule has 1 fully saturated rings. The lowest BCUT2D eigenvalue weighted by Gasteiger charge is -2.15. The molecule has 1 aliphatic carbocycles. The highest BCUT2D eigenvalue weighted by Crippen LogP contribution is 2.50. The predicted octanol–water partition coefficient (Wildman–Crippen LogP) is 3.29. The van der Waals surface area contributed by atoms with Crippen LogP contribution in [0.4, 0.5) is 0 Å². The first-order valence-electron chi connectivity index (χ1n) is 7.06. The summed E-state index contributed by atoms with van der Waals surface area (Å²) in [5, 5.41) is 10.1. The first-order chi connectivity index (χ1) is 9.63. The Morgan fingerprint density at radius 3 is 2.85 bits per heavy atom. The molecule has 3 rings (SSSR count). The first kappa shape index (κ1) is 13.0. The largest absolute Gasteiger partial charge is 0.493 e. The SMILES string of the molecule is CCOc1cccc2c1ccn2CC1(CC(=O)O)CC1. The topological polar surface area (TPSA) is 51.5 Å². The quantitative estimate of drug-likeness (QED) is 0.878. The van der Waals surface area contributed by atoms with Gasteiger partial charge >= 0.3 is 5.97 Å². The number of benzene rings is 1. The third kappa shape index (κ3) is 2.38. The molecule has 0 unspecified atom stereocenters. The fourth-order valence-corrected chi connectivity index (χ4v) is 2.86. The highest BCUT2D eigenvalue weighted by atomic mass is 16.5. The van der Waals surface area contributed by atoms with Gasteiger partial charge in [-0.1, -0.05) is 6.07 Å². The third-order valence-electron chi connectivity index (χ3n) is 4.06. The molecule has 0 saturated heterocycles. The Morgan fingerprint density at radius 1 is 1.40 bits per heavy atom. The van der Waals surface area contributed by atoms with Crippen LogP contribution in [0.15, 0.2) is 30.5 Å². The van der Waals surface area contributed by atoms with E-state index >= 15 is 0 Å². The van der Waals surface area contributed by atoms with Crippen LogP contribution in [0.25, 0.3) is 10.9 Å². The molecule has 0 spiro atoms. The number of carbonyl (C=O) groups is 1. The zero-order chi connectivity index (χ0) is 14.2. The second-order valence-electron chi connectivity index (χ2n) is 5.64. The molecular weight excluding hydrogens is 254 g/mol. The van der Waals surface area contributed by atoms with Crippen molar-refractivity contribution < 1.29 is 14.6 Å². The molecule has 1 heterocycles. The van der Waals surface area contributed by atoms with E-state index in [9.17, 15) is 4.79 Å². The molecule has 0 amide bonds. The van der Waals surface area contributed by atoms with Crippen LogP contribution in [-0.2, 0) is 11.3 Å². The average Bonchev–Trinajstić information content (AvgIpc) is 3.01. The van der Waals surface area contributed by atoms with Crippen molar-refractivity contribution in [2.45, 2.75) is 32.7 Å². The fraction of sp³-hybridized carbons (Fsp3) is 0.438. The number of ether oxygens (including phenoxy) is 1. The number of rotatable bonds is 6. The number of hydrogen-bond donors (Lipinski definition) is 1. The van der Waals surface area contributed by atoms with Crippen LogP contribution in [0.5, 0.6) is 5.75 Å². The van der Waals surface area contributed by atoms with Gasteiger partial charge in [0.15, 0.2) is 0 Å². The molecular formula is C16H19NO3. The maximum atomic E-state index is 11.0. The molecule has 4 heteroatoms. The maximum Gasteiger partial charge on any atom is 0.303 e. The van der Waals surface area contributed by atoms with E-state index in [1.807, 2.05) is 25.3 Å². The summed E-state index contributed by atoms with van der Waals surface area (Å²) in [7, 11) is 0. The van der Waals surface area contributed by atoms with Crippen molar-refractivity contribution in [3.05, 3.63) is 30.5 Å². The van der Waals surface area contributed by atoms with E-state index in [0.29, 0.717) is 6.61 Å². The molecule has 2 aromatic rings. The van der Waals surface area contributed by atoms with Crippen LogP contribution in [0.1, 0.15) is 26.2 Å². The molecule has 1 aromatic heterocycles. The van der Waals surface area contributed by atoms with E-state index in [-0.39, 0.29) is 11.8 Å². The molecule has 4 nitrogen and oxygen atoms in total. The molecule has 1 aliphatic rings. The van der Waals surface area contributed by atoms with Crippen LogP contribution in [0, 0.1) is 5.41 Å². The predicted molar refractivity (Wildman–Crippen MR) is 77.0 cm³/mol. The van der Waals surface area contributed by atoms with Crippen molar-refractivity contribution in [3.8, 4) is 5.75 Å². The average molecular weight is 273 g/mol. The van der Waals surface area contributed by atoms with E-state index in [0.717, 1.165) is 36.0 Å². The number of fused-ring (bicyclic) bond motifs is 1. The van der Waals surface area contributed by atoms with E-state index in [1.54, 1.807) is 0 Å². The Hall–Kier alpha value is -1.97. The molecule has 106 valence electrons. The number of hydrogen-bond acceptors (Lipinski definition) is 2. The minimum atomic E-state index is -0.700. The minimum Gasteiger partial charge on any atom is -0.493 e. The normalized spacial score (nSPS) is 16.2. The van der Waals surface area contributed by atoms with Gasteiger partial charge in [0.05, 0.1) is 18.5 Å². The Balaban J connectivity index is 1.89. The lowest BCUT2D eigenvalue weighted by molar-refractivity contribution is -0.138. The summed E-state index contributed by atoms with van der Waals surface area (Å²) in [4.78, 5) is 11.0. The highest BCUT2D eigenvalue weighted by molar-refractivity contribution is 5.86. The molecule has 1 aromatic carbocycles. The third-order valence-corrected chi connectivity index (χ3v) is 4.06. The summed E-state index contributed by atoms with van der Waals surface area (Å²) < 4.78 is 7.80. The number of carboxylic acid groups (broad SMARTS) is 1. The summed E-state index contributed by atoms with van der Waals surface area (Å²) in [6.07, 6.45) is 4.31. The smallest absolute Gasteiger partial charge is 0.303 e. The van der Waals surface area contributed by atoms with Crippen LogP contribution in [0.3, 0.4) is 0 Å². The van der Waals surface area contributed by atoms with Gasteiger partial charge in [0, 0.05) is 18.1 Å². The second-order valence-corrected chi connectivity index (χ2v) is 5.64. The Kier molecular flexibility index (Phi) is 3.16. The summed E-state index contributed by atoms with van der Waals surface area (Å²) in [6.45, 7) is 3.40. The van der Waals surface area contributed by atoms with E-state index in [1.165, 1.54) is 0 Å². The maximum absolute atomic E-state index is 11.0. The summed E-state index contributed by atoms with van der Waals surface area (Å²) in [6, 6.07) is 8.08.